The molecule has 0 aliphatic carbocycles. The van der Waals surface area contributed by atoms with Gasteiger partial charge in [0.1, 0.15) is 0 Å². The number of nitrogens with zero attached hydrogens (tertiary/aromatic N) is 1. The Labute approximate surface area is 161 Å². The maximum Gasteiger partial charge on any atom is 0.363 e. The molecule has 0 unspecified atom stereocenters. The lowest BCUT2D eigenvalue weighted by atomic mass is 10.1. The minimum Gasteiger partial charge on any atom is -0.490 e. The van der Waals surface area contributed by atoms with Crippen LogP contribution in [0.25, 0.3) is 6.08 Å². The van der Waals surface area contributed by atoms with Gasteiger partial charge in [0.2, 0.25) is 5.90 Å². The van der Waals surface area contributed by atoms with E-state index in [1.54, 1.807) is 24.3 Å². The summed E-state index contributed by atoms with van der Waals surface area (Å²) in [5.41, 5.74) is 0.897. The molecule has 1 aliphatic rings. The standard InChI is InChI=1S/C20H19NO5S/c1-3-6-18(22)25-15-9-8-13(12-16(15)24-4-2)11-14-20(23)26-19(21-14)17-7-5-10-27-17/h5,7-12H,3-4,6H2,1-2H3. The lowest BCUT2D eigenvalue weighted by Crippen LogP contribution is -2.08. The summed E-state index contributed by atoms with van der Waals surface area (Å²) in [6, 6.07) is 8.79. The molecule has 0 bridgehead atoms. The van der Waals surface area contributed by atoms with Crippen molar-refractivity contribution in [1.29, 1.82) is 0 Å². The van der Waals surface area contributed by atoms with Crippen molar-refractivity contribution >= 4 is 35.2 Å². The zero-order valence-electron chi connectivity index (χ0n) is 15.1. The Kier molecular flexibility index (Phi) is 6.03. The summed E-state index contributed by atoms with van der Waals surface area (Å²) in [4.78, 5) is 28.9. The van der Waals surface area contributed by atoms with Gasteiger partial charge in [0.15, 0.2) is 17.2 Å². The summed E-state index contributed by atoms with van der Waals surface area (Å²) >= 11 is 1.45. The van der Waals surface area contributed by atoms with Crippen LogP contribution in [-0.2, 0) is 14.3 Å². The number of benzene rings is 1. The zero-order chi connectivity index (χ0) is 19.2. The number of cyclic esters (lactones) is 1. The lowest BCUT2D eigenvalue weighted by molar-refractivity contribution is -0.134. The van der Waals surface area contributed by atoms with Crippen LogP contribution in [0.1, 0.15) is 37.1 Å². The summed E-state index contributed by atoms with van der Waals surface area (Å²) in [6.45, 7) is 4.17. The number of hydrogen-bond donors (Lipinski definition) is 0. The molecule has 140 valence electrons. The second-order valence-electron chi connectivity index (χ2n) is 5.68. The van der Waals surface area contributed by atoms with Crippen LogP contribution in [0.2, 0.25) is 0 Å². The quantitative estimate of drug-likeness (QED) is 0.406. The van der Waals surface area contributed by atoms with Crippen molar-refractivity contribution in [1.82, 2.24) is 0 Å². The Bertz CT molecular complexity index is 899. The molecular formula is C20H19NO5S. The molecule has 0 saturated heterocycles. The van der Waals surface area contributed by atoms with Crippen LogP contribution in [0.3, 0.4) is 0 Å². The highest BCUT2D eigenvalue weighted by Gasteiger charge is 2.24. The van der Waals surface area contributed by atoms with Crippen LogP contribution in [0, 0.1) is 0 Å². The minimum atomic E-state index is -0.505. The molecule has 6 nitrogen and oxygen atoms in total. The molecule has 1 aliphatic heterocycles. The third-order valence-electron chi connectivity index (χ3n) is 3.60. The summed E-state index contributed by atoms with van der Waals surface area (Å²) in [6.07, 6.45) is 2.66. The van der Waals surface area contributed by atoms with Gasteiger partial charge in [0.05, 0.1) is 11.5 Å². The van der Waals surface area contributed by atoms with E-state index in [1.165, 1.54) is 11.3 Å². The maximum absolute atomic E-state index is 12.1. The van der Waals surface area contributed by atoms with Gasteiger partial charge in [-0.05, 0) is 48.6 Å². The van der Waals surface area contributed by atoms with Gasteiger partial charge in [0.25, 0.3) is 0 Å². The van der Waals surface area contributed by atoms with E-state index >= 15 is 0 Å². The molecule has 0 fully saturated rings. The van der Waals surface area contributed by atoms with Crippen molar-refractivity contribution < 1.29 is 23.8 Å². The van der Waals surface area contributed by atoms with Crippen LogP contribution >= 0.6 is 11.3 Å². The molecule has 2 aromatic rings. The monoisotopic (exact) mass is 385 g/mol. The van der Waals surface area contributed by atoms with Gasteiger partial charge in [-0.1, -0.05) is 19.1 Å². The average molecular weight is 385 g/mol. The molecule has 1 aromatic carbocycles. The van der Waals surface area contributed by atoms with E-state index in [-0.39, 0.29) is 11.7 Å². The van der Waals surface area contributed by atoms with Crippen molar-refractivity contribution in [2.45, 2.75) is 26.7 Å². The number of carbonyl (C=O) groups excluding carboxylic acids is 2. The van der Waals surface area contributed by atoms with Crippen molar-refractivity contribution in [2.75, 3.05) is 6.61 Å². The fraction of sp³-hybridized carbons (Fsp3) is 0.250. The number of aliphatic imine (C=N–C) groups is 1. The number of esters is 2. The highest BCUT2D eigenvalue weighted by Crippen LogP contribution is 2.30. The van der Waals surface area contributed by atoms with Crippen molar-refractivity contribution in [3.8, 4) is 11.5 Å². The first-order valence-electron chi connectivity index (χ1n) is 8.64. The van der Waals surface area contributed by atoms with Crippen molar-refractivity contribution in [3.63, 3.8) is 0 Å². The van der Waals surface area contributed by atoms with Gasteiger partial charge in [0, 0.05) is 6.42 Å². The Balaban J connectivity index is 1.86. The van der Waals surface area contributed by atoms with Crippen LogP contribution in [0.5, 0.6) is 11.5 Å². The molecule has 0 saturated carbocycles. The lowest BCUT2D eigenvalue weighted by Gasteiger charge is -2.11. The van der Waals surface area contributed by atoms with Gasteiger partial charge >= 0.3 is 11.9 Å². The van der Waals surface area contributed by atoms with Gasteiger partial charge in [-0.25, -0.2) is 9.79 Å². The predicted octanol–water partition coefficient (Wildman–Crippen LogP) is 4.20. The molecule has 3 rings (SSSR count). The first kappa shape index (κ1) is 18.8. The molecule has 2 heterocycles. The van der Waals surface area contributed by atoms with Gasteiger partial charge in [-0.3, -0.25) is 4.79 Å². The largest absolute Gasteiger partial charge is 0.490 e. The fourth-order valence-electron chi connectivity index (χ4n) is 2.42. The molecule has 1 aromatic heterocycles. The Morgan fingerprint density at radius 1 is 1.26 bits per heavy atom. The number of hydrogen-bond acceptors (Lipinski definition) is 7. The zero-order valence-corrected chi connectivity index (χ0v) is 15.9. The number of rotatable bonds is 7. The second kappa shape index (κ2) is 8.64. The molecule has 0 radical (unpaired) electrons. The van der Waals surface area contributed by atoms with E-state index in [0.717, 1.165) is 4.88 Å². The van der Waals surface area contributed by atoms with E-state index in [4.69, 9.17) is 14.2 Å². The highest BCUT2D eigenvalue weighted by molar-refractivity contribution is 7.12. The molecule has 0 atom stereocenters. The van der Waals surface area contributed by atoms with Crippen molar-refractivity contribution in [3.05, 3.63) is 51.8 Å². The summed E-state index contributed by atoms with van der Waals surface area (Å²) in [7, 11) is 0. The van der Waals surface area contributed by atoms with Gasteiger partial charge < -0.3 is 14.2 Å². The normalized spacial score (nSPS) is 14.8. The molecule has 27 heavy (non-hydrogen) atoms. The van der Waals surface area contributed by atoms with E-state index in [9.17, 15) is 9.59 Å². The Hall–Kier alpha value is -2.93. The van der Waals surface area contributed by atoms with Crippen LogP contribution in [0.15, 0.2) is 46.4 Å². The van der Waals surface area contributed by atoms with E-state index < -0.39 is 5.97 Å². The van der Waals surface area contributed by atoms with Gasteiger partial charge in [-0.15, -0.1) is 11.3 Å². The predicted molar refractivity (Wildman–Crippen MR) is 103 cm³/mol. The maximum atomic E-state index is 12.1. The minimum absolute atomic E-state index is 0.205. The highest BCUT2D eigenvalue weighted by atomic mass is 32.1. The first-order valence-corrected chi connectivity index (χ1v) is 9.52. The topological polar surface area (TPSA) is 74.2 Å². The first-order chi connectivity index (χ1) is 13.1. The second-order valence-corrected chi connectivity index (χ2v) is 6.62. The molecule has 7 heteroatoms. The SMILES string of the molecule is CCCC(=O)Oc1ccc(C=C2N=C(c3cccs3)OC2=O)cc1OCC. The number of thiophene rings is 1. The number of carbonyl (C=O) groups is 2. The molecule has 0 spiro atoms. The van der Waals surface area contributed by atoms with E-state index in [1.807, 2.05) is 31.4 Å². The van der Waals surface area contributed by atoms with Crippen LogP contribution in [-0.4, -0.2) is 24.4 Å². The third-order valence-corrected chi connectivity index (χ3v) is 4.46. The van der Waals surface area contributed by atoms with E-state index in [2.05, 4.69) is 4.99 Å². The summed E-state index contributed by atoms with van der Waals surface area (Å²) < 4.78 is 16.1. The average Bonchev–Trinajstić information content (AvgIpc) is 3.28. The smallest absolute Gasteiger partial charge is 0.363 e. The van der Waals surface area contributed by atoms with E-state index in [0.29, 0.717) is 42.4 Å². The molecule has 0 amide bonds. The summed E-state index contributed by atoms with van der Waals surface area (Å²) in [5, 5.41) is 1.89. The van der Waals surface area contributed by atoms with Crippen LogP contribution in [0.4, 0.5) is 0 Å². The summed E-state index contributed by atoms with van der Waals surface area (Å²) in [5.74, 6) is 0.277. The Morgan fingerprint density at radius 3 is 2.81 bits per heavy atom. The molecule has 0 N–H and O–H groups in total. The van der Waals surface area contributed by atoms with Crippen LogP contribution < -0.4 is 9.47 Å². The number of ether oxygens (including phenoxy) is 3. The van der Waals surface area contributed by atoms with Crippen molar-refractivity contribution in [2.24, 2.45) is 4.99 Å². The third kappa shape index (κ3) is 4.62. The Morgan fingerprint density at radius 2 is 2.11 bits per heavy atom. The molecular weight excluding hydrogens is 366 g/mol. The van der Waals surface area contributed by atoms with Gasteiger partial charge in [-0.2, -0.15) is 0 Å². The fourth-order valence-corrected chi connectivity index (χ4v) is 3.07.